The number of aliphatic hydroxyl groups is 1. The maximum atomic E-state index is 13.5. The van der Waals surface area contributed by atoms with Crippen LogP contribution in [0.4, 0.5) is 17.6 Å². The van der Waals surface area contributed by atoms with Crippen molar-refractivity contribution in [1.82, 2.24) is 0 Å². The third-order valence-corrected chi connectivity index (χ3v) is 3.81. The van der Waals surface area contributed by atoms with Crippen LogP contribution in [0.2, 0.25) is 0 Å². The third-order valence-electron chi connectivity index (χ3n) is 2.86. The van der Waals surface area contributed by atoms with E-state index in [1.54, 1.807) is 18.2 Å². The Balaban J connectivity index is 2.43. The van der Waals surface area contributed by atoms with Crippen molar-refractivity contribution in [2.75, 3.05) is 0 Å². The van der Waals surface area contributed by atoms with Crippen molar-refractivity contribution in [2.24, 2.45) is 0 Å². The van der Waals surface area contributed by atoms with Crippen molar-refractivity contribution in [3.8, 4) is 11.8 Å². The van der Waals surface area contributed by atoms with E-state index in [-0.39, 0.29) is 5.56 Å². The quantitative estimate of drug-likeness (QED) is 0.443. The average molecular weight is 313 g/mol. The molecule has 0 aromatic heterocycles. The molecule has 1 N–H and O–H groups in total. The summed E-state index contributed by atoms with van der Waals surface area (Å²) in [5.74, 6) is -5.36. The predicted octanol–water partition coefficient (Wildman–Crippen LogP) is 3.23. The summed E-state index contributed by atoms with van der Waals surface area (Å²) in [6.07, 6.45) is 0. The van der Waals surface area contributed by atoms with E-state index in [9.17, 15) is 22.7 Å². The summed E-state index contributed by atoms with van der Waals surface area (Å²) in [5, 5.41) is 9.42. The lowest BCUT2D eigenvalue weighted by Gasteiger charge is -2.55. The molecule has 0 heterocycles. The molecule has 2 rings (SSSR count). The minimum Gasteiger partial charge on any atom is -0.367 e. The topological polar surface area (TPSA) is 20.2 Å². The van der Waals surface area contributed by atoms with Crippen LogP contribution in [0.5, 0.6) is 0 Å². The van der Waals surface area contributed by atoms with Gasteiger partial charge in [-0.3, -0.25) is 0 Å². The zero-order valence-corrected chi connectivity index (χ0v) is 10.6. The molecule has 0 spiro atoms. The highest BCUT2D eigenvalue weighted by Crippen LogP contribution is 2.68. The molecule has 1 aliphatic carbocycles. The Hall–Kier alpha value is -0.960. The van der Waals surface area contributed by atoms with Crippen molar-refractivity contribution in [1.29, 1.82) is 0 Å². The largest absolute Gasteiger partial charge is 0.367 e. The van der Waals surface area contributed by atoms with Crippen molar-refractivity contribution in [3.63, 3.8) is 0 Å². The van der Waals surface area contributed by atoms with E-state index >= 15 is 0 Å². The molecule has 0 aliphatic heterocycles. The molecule has 1 saturated carbocycles. The molecule has 19 heavy (non-hydrogen) atoms. The number of rotatable bonds is 0. The van der Waals surface area contributed by atoms with Crippen LogP contribution in [-0.4, -0.2) is 26.9 Å². The number of hydrogen-bond donors (Lipinski definition) is 1. The fourth-order valence-corrected chi connectivity index (χ4v) is 2.17. The van der Waals surface area contributed by atoms with Gasteiger partial charge in [0.2, 0.25) is 0 Å². The number of hydrogen-bond acceptors (Lipinski definition) is 1. The number of halogens is 6. The molecule has 0 unspecified atom stereocenters. The molecule has 7 heteroatoms. The fraction of sp³-hybridized carbons (Fsp3) is 0.333. The first-order valence-corrected chi connectivity index (χ1v) is 5.77. The second kappa shape index (κ2) is 4.02. The second-order valence-electron chi connectivity index (χ2n) is 4.05. The molecular formula is C12H6Cl2F4O. The summed E-state index contributed by atoms with van der Waals surface area (Å²) in [7, 11) is 0. The second-order valence-corrected chi connectivity index (χ2v) is 5.38. The molecular weight excluding hydrogens is 307 g/mol. The summed E-state index contributed by atoms with van der Waals surface area (Å²) in [6, 6.07) is 7.55. The van der Waals surface area contributed by atoms with E-state index in [1.807, 2.05) is 0 Å². The molecule has 0 atom stereocenters. The SMILES string of the molecule is OC1(C#Cc2ccccc2)C(F)(F)C(Cl)(Cl)C1(F)F. The minimum atomic E-state index is -4.45. The fourth-order valence-electron chi connectivity index (χ4n) is 1.63. The van der Waals surface area contributed by atoms with E-state index in [0.717, 1.165) is 0 Å². The van der Waals surface area contributed by atoms with E-state index in [1.165, 1.54) is 18.1 Å². The molecule has 0 amide bonds. The highest BCUT2D eigenvalue weighted by atomic mass is 35.5. The van der Waals surface area contributed by atoms with Gasteiger partial charge in [-0.2, -0.15) is 17.6 Å². The zero-order chi connectivity index (χ0) is 14.5. The van der Waals surface area contributed by atoms with Gasteiger partial charge >= 0.3 is 11.8 Å². The first-order valence-electron chi connectivity index (χ1n) is 5.02. The van der Waals surface area contributed by atoms with E-state index in [4.69, 9.17) is 23.2 Å². The molecule has 1 aromatic carbocycles. The maximum Gasteiger partial charge on any atom is 0.331 e. The van der Waals surface area contributed by atoms with Gasteiger partial charge in [0.05, 0.1) is 0 Å². The van der Waals surface area contributed by atoms with Gasteiger partial charge in [-0.05, 0) is 18.1 Å². The lowest BCUT2D eigenvalue weighted by Crippen LogP contribution is -2.84. The Morgan fingerprint density at radius 3 is 1.89 bits per heavy atom. The van der Waals surface area contributed by atoms with Gasteiger partial charge in [-0.15, -0.1) is 0 Å². The van der Waals surface area contributed by atoms with Gasteiger partial charge in [0, 0.05) is 5.56 Å². The Bertz CT molecular complexity index is 542. The molecule has 1 aromatic rings. The van der Waals surface area contributed by atoms with Gasteiger partial charge in [-0.1, -0.05) is 47.3 Å². The minimum absolute atomic E-state index is 0.198. The van der Waals surface area contributed by atoms with E-state index in [0.29, 0.717) is 0 Å². The van der Waals surface area contributed by atoms with Gasteiger partial charge in [-0.25, -0.2) is 0 Å². The Morgan fingerprint density at radius 1 is 0.947 bits per heavy atom. The summed E-state index contributed by atoms with van der Waals surface area (Å²) in [5.41, 5.74) is -3.69. The zero-order valence-electron chi connectivity index (χ0n) is 9.10. The summed E-state index contributed by atoms with van der Waals surface area (Å²) in [6.45, 7) is 0. The molecule has 0 saturated heterocycles. The highest BCUT2D eigenvalue weighted by Gasteiger charge is 2.95. The van der Waals surface area contributed by atoms with Crippen LogP contribution in [0.25, 0.3) is 0 Å². The Kier molecular flexibility index (Phi) is 3.05. The standard InChI is InChI=1S/C12H6Cl2F4O/c13-10(14)11(15,16)9(19,12(10,17)18)7-6-8-4-2-1-3-5-8/h1-5,19H. The summed E-state index contributed by atoms with van der Waals surface area (Å²) >= 11 is 9.78. The van der Waals surface area contributed by atoms with E-state index in [2.05, 4.69) is 5.92 Å². The average Bonchev–Trinajstić information content (AvgIpc) is 2.35. The first kappa shape index (κ1) is 14.4. The van der Waals surface area contributed by atoms with Crippen LogP contribution in [0, 0.1) is 11.8 Å². The lowest BCUT2D eigenvalue weighted by atomic mass is 9.71. The lowest BCUT2D eigenvalue weighted by molar-refractivity contribution is -0.355. The molecule has 102 valence electrons. The summed E-state index contributed by atoms with van der Waals surface area (Å²) in [4.78, 5) is 0. The van der Waals surface area contributed by atoms with Crippen molar-refractivity contribution >= 4 is 23.2 Å². The number of alkyl halides is 6. The number of benzene rings is 1. The van der Waals surface area contributed by atoms with Crippen molar-refractivity contribution in [2.45, 2.75) is 21.8 Å². The summed E-state index contributed by atoms with van der Waals surface area (Å²) < 4.78 is 50.2. The van der Waals surface area contributed by atoms with Gasteiger partial charge in [0.25, 0.3) is 9.93 Å². The van der Waals surface area contributed by atoms with Crippen molar-refractivity contribution in [3.05, 3.63) is 35.9 Å². The first-order chi connectivity index (χ1) is 8.58. The molecule has 1 fully saturated rings. The van der Waals surface area contributed by atoms with Crippen LogP contribution >= 0.6 is 23.2 Å². The van der Waals surface area contributed by atoms with Crippen LogP contribution < -0.4 is 0 Å². The highest BCUT2D eigenvalue weighted by molar-refractivity contribution is 6.51. The van der Waals surface area contributed by atoms with Gasteiger partial charge < -0.3 is 5.11 Å². The van der Waals surface area contributed by atoms with Crippen LogP contribution in [0.1, 0.15) is 5.56 Å². The third kappa shape index (κ3) is 1.60. The van der Waals surface area contributed by atoms with Crippen LogP contribution in [-0.2, 0) is 0 Å². The Morgan fingerprint density at radius 2 is 1.42 bits per heavy atom. The van der Waals surface area contributed by atoms with Crippen LogP contribution in [0.15, 0.2) is 30.3 Å². The van der Waals surface area contributed by atoms with Crippen molar-refractivity contribution < 1.29 is 22.7 Å². The molecule has 1 aliphatic rings. The van der Waals surface area contributed by atoms with Gasteiger partial charge in [0.15, 0.2) is 0 Å². The van der Waals surface area contributed by atoms with Gasteiger partial charge in [0.1, 0.15) is 0 Å². The van der Waals surface area contributed by atoms with E-state index < -0.39 is 21.8 Å². The normalized spacial score (nSPS) is 24.8. The molecule has 0 radical (unpaired) electrons. The van der Waals surface area contributed by atoms with Crippen LogP contribution in [0.3, 0.4) is 0 Å². The Labute approximate surface area is 116 Å². The maximum absolute atomic E-state index is 13.5. The molecule has 0 bridgehead atoms. The predicted molar refractivity (Wildman–Crippen MR) is 62.6 cm³/mol. The monoisotopic (exact) mass is 312 g/mol. The molecule has 1 nitrogen and oxygen atoms in total. The smallest absolute Gasteiger partial charge is 0.331 e.